The predicted octanol–water partition coefficient (Wildman–Crippen LogP) is 4.50. The maximum absolute atomic E-state index is 5.75. The summed E-state index contributed by atoms with van der Waals surface area (Å²) < 4.78 is 5.75. The zero-order valence-electron chi connectivity index (χ0n) is 18.3. The number of pyridine rings is 1. The van der Waals surface area contributed by atoms with Crippen molar-refractivity contribution in [2.24, 2.45) is 0 Å². The number of anilines is 4. The molecule has 4 rings (SSSR count). The quantitative estimate of drug-likeness (QED) is 0.356. The largest absolute Gasteiger partial charge is 0.492 e. The third-order valence-electron chi connectivity index (χ3n) is 4.97. The zero-order chi connectivity index (χ0) is 22.2. The maximum atomic E-state index is 5.75. The summed E-state index contributed by atoms with van der Waals surface area (Å²) in [5.41, 5.74) is 0. The number of hydrogen-bond acceptors (Lipinski definition) is 8. The lowest BCUT2D eigenvalue weighted by molar-refractivity contribution is 0.332. The topological polar surface area (TPSA) is 88.1 Å². The molecule has 8 nitrogen and oxygen atoms in total. The number of ether oxygens (including phenoxy) is 1. The van der Waals surface area contributed by atoms with Crippen molar-refractivity contribution in [3.63, 3.8) is 0 Å². The zero-order valence-corrected chi connectivity index (χ0v) is 18.3. The fourth-order valence-electron chi connectivity index (χ4n) is 3.32. The third-order valence-corrected chi connectivity index (χ3v) is 4.97. The summed E-state index contributed by atoms with van der Waals surface area (Å²) >= 11 is 0. The Morgan fingerprint density at radius 1 is 0.844 bits per heavy atom. The van der Waals surface area contributed by atoms with Crippen LogP contribution in [0.3, 0.4) is 0 Å². The number of nitrogens with one attached hydrogen (secondary N) is 2. The van der Waals surface area contributed by atoms with E-state index in [1.807, 2.05) is 54.6 Å². The highest BCUT2D eigenvalue weighted by Crippen LogP contribution is 2.24. The fourth-order valence-corrected chi connectivity index (χ4v) is 3.32. The average molecular weight is 430 g/mol. The minimum atomic E-state index is 0.442. The lowest BCUT2D eigenvalue weighted by atomic mass is 10.1. The van der Waals surface area contributed by atoms with Gasteiger partial charge in [0.15, 0.2) is 0 Å². The van der Waals surface area contributed by atoms with Crippen LogP contribution in [0.5, 0.6) is 5.75 Å². The fraction of sp³-hybridized carbons (Fsp3) is 0.250. The molecule has 0 aliphatic carbocycles. The number of para-hydroxylation sites is 1. The molecule has 2 heterocycles. The highest BCUT2D eigenvalue weighted by molar-refractivity contribution is 5.92. The standard InChI is InChI=1S/C24H27N7O/c1-3-31(4-2)24-29-22(26-16-17-32-19-11-6-5-7-12-19)28-23(30-24)27-21-20-13-9-8-10-18(20)14-15-25-21/h5-15H,3-4,16-17H2,1-2H3,(H2,25,26,27,28,29,30). The normalized spacial score (nSPS) is 10.7. The molecule has 164 valence electrons. The van der Waals surface area contributed by atoms with Crippen LogP contribution in [0.25, 0.3) is 10.8 Å². The SMILES string of the molecule is CCN(CC)c1nc(NCCOc2ccccc2)nc(Nc2nccc3ccccc23)n1. The molecule has 8 heteroatoms. The van der Waals surface area contributed by atoms with Gasteiger partial charge in [-0.1, -0.05) is 42.5 Å². The monoisotopic (exact) mass is 429 g/mol. The Kier molecular flexibility index (Phi) is 6.91. The first-order valence-electron chi connectivity index (χ1n) is 10.8. The maximum Gasteiger partial charge on any atom is 0.235 e. The van der Waals surface area contributed by atoms with E-state index in [2.05, 4.69) is 55.4 Å². The van der Waals surface area contributed by atoms with E-state index in [9.17, 15) is 0 Å². The number of hydrogen-bond donors (Lipinski definition) is 2. The van der Waals surface area contributed by atoms with Crippen LogP contribution >= 0.6 is 0 Å². The average Bonchev–Trinajstić information content (AvgIpc) is 2.84. The van der Waals surface area contributed by atoms with Crippen LogP contribution in [-0.4, -0.2) is 46.2 Å². The Morgan fingerprint density at radius 2 is 1.59 bits per heavy atom. The Morgan fingerprint density at radius 3 is 2.41 bits per heavy atom. The summed E-state index contributed by atoms with van der Waals surface area (Å²) in [4.78, 5) is 20.4. The van der Waals surface area contributed by atoms with Gasteiger partial charge in [0.05, 0.1) is 6.54 Å². The summed E-state index contributed by atoms with van der Waals surface area (Å²) in [6.45, 7) is 6.79. The van der Waals surface area contributed by atoms with Gasteiger partial charge in [-0.15, -0.1) is 0 Å². The van der Waals surface area contributed by atoms with Crippen LogP contribution in [0.15, 0.2) is 66.9 Å². The van der Waals surface area contributed by atoms with E-state index in [4.69, 9.17) is 4.74 Å². The first-order chi connectivity index (χ1) is 15.8. The number of fused-ring (bicyclic) bond motifs is 1. The van der Waals surface area contributed by atoms with Crippen molar-refractivity contribution in [3.05, 3.63) is 66.9 Å². The molecule has 0 saturated carbocycles. The molecule has 0 spiro atoms. The molecule has 4 aromatic rings. The van der Waals surface area contributed by atoms with Crippen LogP contribution in [0, 0.1) is 0 Å². The van der Waals surface area contributed by atoms with Crippen molar-refractivity contribution in [2.45, 2.75) is 13.8 Å². The molecule has 0 bridgehead atoms. The van der Waals surface area contributed by atoms with Gasteiger partial charge < -0.3 is 20.3 Å². The van der Waals surface area contributed by atoms with E-state index in [0.29, 0.717) is 36.8 Å². The highest BCUT2D eigenvalue weighted by Gasteiger charge is 2.13. The van der Waals surface area contributed by atoms with Gasteiger partial charge in [-0.2, -0.15) is 15.0 Å². The van der Waals surface area contributed by atoms with Gasteiger partial charge in [0.1, 0.15) is 18.2 Å². The van der Waals surface area contributed by atoms with E-state index < -0.39 is 0 Å². The number of aromatic nitrogens is 4. The summed E-state index contributed by atoms with van der Waals surface area (Å²) in [7, 11) is 0. The van der Waals surface area contributed by atoms with Crippen LogP contribution < -0.4 is 20.3 Å². The van der Waals surface area contributed by atoms with Crippen molar-refractivity contribution in [3.8, 4) is 5.75 Å². The molecule has 0 saturated heterocycles. The second-order valence-corrected chi connectivity index (χ2v) is 7.05. The minimum absolute atomic E-state index is 0.442. The third kappa shape index (κ3) is 5.21. The summed E-state index contributed by atoms with van der Waals surface area (Å²) in [6, 6.07) is 19.8. The van der Waals surface area contributed by atoms with Gasteiger partial charge in [0.2, 0.25) is 17.8 Å². The Hall–Kier alpha value is -3.94. The predicted molar refractivity (Wildman–Crippen MR) is 129 cm³/mol. The second kappa shape index (κ2) is 10.4. The molecule has 0 amide bonds. The van der Waals surface area contributed by atoms with E-state index in [1.165, 1.54) is 0 Å². The first kappa shape index (κ1) is 21.3. The lowest BCUT2D eigenvalue weighted by Gasteiger charge is -2.20. The molecule has 2 N–H and O–H groups in total. The lowest BCUT2D eigenvalue weighted by Crippen LogP contribution is -2.25. The van der Waals surface area contributed by atoms with Crippen LogP contribution in [-0.2, 0) is 0 Å². The molecule has 0 aliphatic heterocycles. The summed E-state index contributed by atoms with van der Waals surface area (Å²) in [6.07, 6.45) is 1.78. The molecule has 2 aromatic carbocycles. The van der Waals surface area contributed by atoms with Crippen LogP contribution in [0.2, 0.25) is 0 Å². The van der Waals surface area contributed by atoms with E-state index in [-0.39, 0.29) is 0 Å². The molecule has 0 radical (unpaired) electrons. The summed E-state index contributed by atoms with van der Waals surface area (Å²) in [5.74, 6) is 3.08. The van der Waals surface area contributed by atoms with E-state index >= 15 is 0 Å². The van der Waals surface area contributed by atoms with Crippen molar-refractivity contribution in [1.82, 2.24) is 19.9 Å². The molecule has 0 aliphatic rings. The minimum Gasteiger partial charge on any atom is -0.492 e. The van der Waals surface area contributed by atoms with Gasteiger partial charge in [-0.05, 0) is 37.4 Å². The molecular formula is C24H27N7O. The molecule has 0 fully saturated rings. The van der Waals surface area contributed by atoms with Gasteiger partial charge >= 0.3 is 0 Å². The van der Waals surface area contributed by atoms with Gasteiger partial charge in [0, 0.05) is 24.7 Å². The molecule has 0 atom stereocenters. The van der Waals surface area contributed by atoms with Gasteiger partial charge in [0.25, 0.3) is 0 Å². The molecule has 0 unspecified atom stereocenters. The van der Waals surface area contributed by atoms with Gasteiger partial charge in [-0.25, -0.2) is 4.98 Å². The van der Waals surface area contributed by atoms with Crippen LogP contribution in [0.4, 0.5) is 23.7 Å². The number of benzene rings is 2. The van der Waals surface area contributed by atoms with Crippen molar-refractivity contribution in [1.29, 1.82) is 0 Å². The van der Waals surface area contributed by atoms with Crippen molar-refractivity contribution >= 4 is 34.4 Å². The molecule has 32 heavy (non-hydrogen) atoms. The second-order valence-electron chi connectivity index (χ2n) is 7.05. The van der Waals surface area contributed by atoms with Crippen LogP contribution in [0.1, 0.15) is 13.8 Å². The first-order valence-corrected chi connectivity index (χ1v) is 10.8. The Balaban J connectivity index is 1.53. The van der Waals surface area contributed by atoms with Crippen molar-refractivity contribution in [2.75, 3.05) is 41.8 Å². The molecule has 2 aromatic heterocycles. The van der Waals surface area contributed by atoms with E-state index in [0.717, 1.165) is 29.6 Å². The smallest absolute Gasteiger partial charge is 0.235 e. The summed E-state index contributed by atoms with van der Waals surface area (Å²) in [5, 5.41) is 8.63. The van der Waals surface area contributed by atoms with Gasteiger partial charge in [-0.3, -0.25) is 0 Å². The number of nitrogens with zero attached hydrogens (tertiary/aromatic N) is 5. The van der Waals surface area contributed by atoms with E-state index in [1.54, 1.807) is 6.20 Å². The number of rotatable bonds is 10. The molecular weight excluding hydrogens is 402 g/mol. The Bertz CT molecular complexity index is 1140. The highest BCUT2D eigenvalue weighted by atomic mass is 16.5. The van der Waals surface area contributed by atoms with Crippen molar-refractivity contribution < 1.29 is 4.74 Å². The Labute approximate surface area is 187 Å².